The number of primary sulfonamides is 1. The molecule has 1 fully saturated rings. The van der Waals surface area contributed by atoms with E-state index in [0.717, 1.165) is 12.8 Å². The van der Waals surface area contributed by atoms with Gasteiger partial charge in [0.15, 0.2) is 0 Å². The van der Waals surface area contributed by atoms with E-state index in [1.165, 1.54) is 28.6 Å². The van der Waals surface area contributed by atoms with E-state index in [-0.39, 0.29) is 15.7 Å². The highest BCUT2D eigenvalue weighted by atomic mass is 32.2. The van der Waals surface area contributed by atoms with Crippen LogP contribution in [0.1, 0.15) is 19.8 Å². The lowest BCUT2D eigenvalue weighted by atomic mass is 10.0. The highest BCUT2D eigenvalue weighted by Crippen LogP contribution is 2.27. The van der Waals surface area contributed by atoms with E-state index in [4.69, 9.17) is 5.14 Å². The van der Waals surface area contributed by atoms with Gasteiger partial charge in [-0.2, -0.15) is 4.31 Å². The molecule has 0 spiro atoms. The van der Waals surface area contributed by atoms with E-state index >= 15 is 0 Å². The highest BCUT2D eigenvalue weighted by molar-refractivity contribution is 7.92. The second-order valence-electron chi connectivity index (χ2n) is 5.10. The minimum Gasteiger partial charge on any atom is -0.225 e. The summed E-state index contributed by atoms with van der Waals surface area (Å²) in [7, 11) is -7.91. The zero-order valence-corrected chi connectivity index (χ0v) is 12.8. The highest BCUT2D eigenvalue weighted by Gasteiger charge is 2.32. The lowest BCUT2D eigenvalue weighted by Crippen LogP contribution is -2.39. The standard InChI is InChI=1S/C12H18N2O4S2/c1-10-5-4-8-14(9-10)20(17,18)12-7-3-2-6-11(12)19(13,15)16/h2-3,6-7,10H,4-5,8-9H2,1H3,(H2,13,15,16). The predicted molar refractivity (Wildman–Crippen MR) is 75.0 cm³/mol. The van der Waals surface area contributed by atoms with Gasteiger partial charge in [-0.3, -0.25) is 0 Å². The number of nitrogens with zero attached hydrogens (tertiary/aromatic N) is 1. The maximum atomic E-state index is 12.6. The molecule has 6 nitrogen and oxygen atoms in total. The monoisotopic (exact) mass is 318 g/mol. The molecule has 1 saturated heterocycles. The van der Waals surface area contributed by atoms with E-state index < -0.39 is 20.0 Å². The van der Waals surface area contributed by atoms with Crippen molar-refractivity contribution in [2.75, 3.05) is 13.1 Å². The number of sulfonamides is 2. The fourth-order valence-corrected chi connectivity index (χ4v) is 5.35. The smallest absolute Gasteiger partial charge is 0.225 e. The largest absolute Gasteiger partial charge is 0.244 e. The Kier molecular flexibility index (Phi) is 4.19. The fraction of sp³-hybridized carbons (Fsp3) is 0.500. The van der Waals surface area contributed by atoms with Gasteiger partial charge in [-0.15, -0.1) is 0 Å². The number of hydrogen-bond donors (Lipinski definition) is 1. The van der Waals surface area contributed by atoms with Crippen molar-refractivity contribution in [3.05, 3.63) is 24.3 Å². The van der Waals surface area contributed by atoms with Crippen molar-refractivity contribution >= 4 is 20.0 Å². The lowest BCUT2D eigenvalue weighted by molar-refractivity contribution is 0.281. The van der Waals surface area contributed by atoms with Gasteiger partial charge in [0.25, 0.3) is 0 Å². The Balaban J connectivity index is 2.50. The zero-order chi connectivity index (χ0) is 15.0. The second-order valence-corrected chi connectivity index (χ2v) is 8.54. The summed E-state index contributed by atoms with van der Waals surface area (Å²) in [5, 5.41) is 5.10. The van der Waals surface area contributed by atoms with Crippen LogP contribution in [0.2, 0.25) is 0 Å². The first-order valence-corrected chi connectivity index (χ1v) is 9.33. The maximum absolute atomic E-state index is 12.6. The molecule has 112 valence electrons. The Morgan fingerprint density at radius 2 is 1.75 bits per heavy atom. The van der Waals surface area contributed by atoms with Crippen molar-refractivity contribution in [3.8, 4) is 0 Å². The van der Waals surface area contributed by atoms with Gasteiger partial charge in [-0.25, -0.2) is 22.0 Å². The van der Waals surface area contributed by atoms with Crippen LogP contribution in [0.25, 0.3) is 0 Å². The molecule has 1 aromatic rings. The van der Waals surface area contributed by atoms with E-state index in [1.807, 2.05) is 6.92 Å². The summed E-state index contributed by atoms with van der Waals surface area (Å²) in [6.45, 7) is 2.79. The third-order valence-corrected chi connectivity index (χ3v) is 6.41. The summed E-state index contributed by atoms with van der Waals surface area (Å²) in [5.74, 6) is 0.264. The molecule has 8 heteroatoms. The number of rotatable bonds is 3. The molecule has 1 aliphatic rings. The van der Waals surface area contributed by atoms with E-state index in [0.29, 0.717) is 13.1 Å². The van der Waals surface area contributed by atoms with Crippen LogP contribution < -0.4 is 5.14 Å². The maximum Gasteiger partial charge on any atom is 0.244 e. The molecular weight excluding hydrogens is 300 g/mol. The van der Waals surface area contributed by atoms with Gasteiger partial charge in [0.1, 0.15) is 9.79 Å². The predicted octanol–water partition coefficient (Wildman–Crippen LogP) is 0.755. The van der Waals surface area contributed by atoms with Gasteiger partial charge in [0.05, 0.1) is 0 Å². The average molecular weight is 318 g/mol. The van der Waals surface area contributed by atoms with Crippen molar-refractivity contribution in [1.29, 1.82) is 0 Å². The van der Waals surface area contributed by atoms with Gasteiger partial charge in [0, 0.05) is 13.1 Å². The Morgan fingerprint density at radius 1 is 1.15 bits per heavy atom. The second kappa shape index (κ2) is 5.44. The van der Waals surface area contributed by atoms with Gasteiger partial charge in [0.2, 0.25) is 20.0 Å². The molecular formula is C12H18N2O4S2. The summed E-state index contributed by atoms with van der Waals surface area (Å²) in [6, 6.07) is 5.45. The first-order chi connectivity index (χ1) is 9.23. The summed E-state index contributed by atoms with van der Waals surface area (Å²) in [5.41, 5.74) is 0. The fourth-order valence-electron chi connectivity index (χ4n) is 2.40. The molecule has 1 aliphatic heterocycles. The van der Waals surface area contributed by atoms with Crippen LogP contribution in [-0.2, 0) is 20.0 Å². The number of benzene rings is 1. The van der Waals surface area contributed by atoms with Crippen LogP contribution in [0.5, 0.6) is 0 Å². The van der Waals surface area contributed by atoms with Crippen molar-refractivity contribution in [2.24, 2.45) is 11.1 Å². The summed E-state index contributed by atoms with van der Waals surface area (Å²) in [4.78, 5) is -0.588. The molecule has 0 amide bonds. The first-order valence-electron chi connectivity index (χ1n) is 6.35. The Bertz CT molecular complexity index is 698. The average Bonchev–Trinajstić information content (AvgIpc) is 2.38. The van der Waals surface area contributed by atoms with Crippen LogP contribution in [0.3, 0.4) is 0 Å². The number of hydrogen-bond acceptors (Lipinski definition) is 4. The molecule has 0 radical (unpaired) electrons. The normalized spacial score (nSPS) is 21.8. The Labute approximate surface area is 119 Å². The minimum atomic E-state index is -4.07. The van der Waals surface area contributed by atoms with Crippen molar-refractivity contribution in [3.63, 3.8) is 0 Å². The molecule has 0 aromatic heterocycles. The summed E-state index contributed by atoms with van der Waals surface area (Å²) >= 11 is 0. The Morgan fingerprint density at radius 3 is 2.30 bits per heavy atom. The summed E-state index contributed by atoms with van der Waals surface area (Å²) < 4.78 is 49.6. The molecule has 2 rings (SSSR count). The summed E-state index contributed by atoms with van der Waals surface area (Å²) in [6.07, 6.45) is 1.75. The van der Waals surface area contributed by atoms with Crippen LogP contribution in [0, 0.1) is 5.92 Å². The molecule has 1 heterocycles. The van der Waals surface area contributed by atoms with Crippen LogP contribution in [0.15, 0.2) is 34.1 Å². The molecule has 0 aliphatic carbocycles. The Hall–Kier alpha value is -0.960. The zero-order valence-electron chi connectivity index (χ0n) is 11.2. The van der Waals surface area contributed by atoms with E-state index in [1.54, 1.807) is 0 Å². The third-order valence-electron chi connectivity index (χ3n) is 3.39. The van der Waals surface area contributed by atoms with E-state index in [9.17, 15) is 16.8 Å². The third kappa shape index (κ3) is 3.03. The molecule has 1 unspecified atom stereocenters. The minimum absolute atomic E-state index is 0.239. The molecule has 2 N–H and O–H groups in total. The molecule has 1 aromatic carbocycles. The van der Waals surface area contributed by atoms with E-state index in [2.05, 4.69) is 0 Å². The number of nitrogens with two attached hydrogens (primary N) is 1. The van der Waals surface area contributed by atoms with Crippen molar-refractivity contribution in [2.45, 2.75) is 29.6 Å². The topological polar surface area (TPSA) is 97.5 Å². The molecule has 0 bridgehead atoms. The van der Waals surface area contributed by atoms with Crippen LogP contribution >= 0.6 is 0 Å². The molecule has 0 saturated carbocycles. The van der Waals surface area contributed by atoms with Crippen molar-refractivity contribution in [1.82, 2.24) is 4.31 Å². The van der Waals surface area contributed by atoms with Gasteiger partial charge in [-0.1, -0.05) is 19.1 Å². The molecule has 20 heavy (non-hydrogen) atoms. The van der Waals surface area contributed by atoms with Gasteiger partial charge in [-0.05, 0) is 30.9 Å². The van der Waals surface area contributed by atoms with Crippen LogP contribution in [0.4, 0.5) is 0 Å². The number of piperidine rings is 1. The SMILES string of the molecule is CC1CCCN(S(=O)(=O)c2ccccc2S(N)(=O)=O)C1. The molecule has 1 atom stereocenters. The van der Waals surface area contributed by atoms with Gasteiger partial charge < -0.3 is 0 Å². The van der Waals surface area contributed by atoms with Crippen molar-refractivity contribution < 1.29 is 16.8 Å². The van der Waals surface area contributed by atoms with Crippen LogP contribution in [-0.4, -0.2) is 34.2 Å². The van der Waals surface area contributed by atoms with Gasteiger partial charge >= 0.3 is 0 Å². The first kappa shape index (κ1) is 15.4. The lowest BCUT2D eigenvalue weighted by Gasteiger charge is -2.30. The quantitative estimate of drug-likeness (QED) is 0.889.